The number of ether oxygens (including phenoxy) is 2. The van der Waals surface area contributed by atoms with Crippen molar-refractivity contribution in [1.82, 2.24) is 4.90 Å². The van der Waals surface area contributed by atoms with Gasteiger partial charge in [0.15, 0.2) is 0 Å². The van der Waals surface area contributed by atoms with Crippen molar-refractivity contribution in [2.24, 2.45) is 5.10 Å². The molecule has 1 aromatic carbocycles. The van der Waals surface area contributed by atoms with E-state index >= 15 is 0 Å². The Morgan fingerprint density at radius 1 is 1.22 bits per heavy atom. The average Bonchev–Trinajstić information content (AvgIpc) is 3.16. The van der Waals surface area contributed by atoms with Crippen molar-refractivity contribution in [3.63, 3.8) is 0 Å². The van der Waals surface area contributed by atoms with Gasteiger partial charge in [0.2, 0.25) is 9.37 Å². The van der Waals surface area contributed by atoms with Crippen molar-refractivity contribution in [2.45, 2.75) is 18.2 Å². The van der Waals surface area contributed by atoms with E-state index in [1.807, 2.05) is 43.1 Å². The summed E-state index contributed by atoms with van der Waals surface area (Å²) in [6, 6.07) is 7.57. The predicted octanol–water partition coefficient (Wildman–Crippen LogP) is 3.57. The first-order valence-electron chi connectivity index (χ1n) is 8.06. The first kappa shape index (κ1) is 20.1. The summed E-state index contributed by atoms with van der Waals surface area (Å²) in [6.07, 6.45) is 0. The van der Waals surface area contributed by atoms with E-state index in [2.05, 4.69) is 21.0 Å². The molecule has 0 unspecified atom stereocenters. The fourth-order valence-electron chi connectivity index (χ4n) is 2.62. The zero-order valence-corrected chi connectivity index (χ0v) is 18.4. The maximum Gasteiger partial charge on any atom is 0.365 e. The van der Waals surface area contributed by atoms with E-state index in [-0.39, 0.29) is 11.0 Å². The van der Waals surface area contributed by atoms with Gasteiger partial charge in [-0.05, 0) is 49.9 Å². The molecule has 0 bridgehead atoms. The monoisotopic (exact) mass is 471 g/mol. The number of thioether (sulfide) groups is 2. The number of esters is 2. The fourth-order valence-corrected chi connectivity index (χ4v) is 5.78. The Bertz CT molecular complexity index is 843. The van der Waals surface area contributed by atoms with Gasteiger partial charge in [0.05, 0.1) is 19.4 Å². The van der Waals surface area contributed by atoms with Gasteiger partial charge >= 0.3 is 11.9 Å². The van der Waals surface area contributed by atoms with Crippen LogP contribution < -0.4 is 5.01 Å². The van der Waals surface area contributed by atoms with Gasteiger partial charge in [0, 0.05) is 17.2 Å². The average molecular weight is 472 g/mol. The maximum atomic E-state index is 12.4. The van der Waals surface area contributed by atoms with Gasteiger partial charge in [-0.25, -0.2) is 14.6 Å². The molecule has 0 aromatic heterocycles. The van der Waals surface area contributed by atoms with Crippen LogP contribution in [0.4, 0.5) is 5.69 Å². The van der Waals surface area contributed by atoms with Gasteiger partial charge < -0.3 is 14.4 Å². The number of carbonyl (C=O) groups is 2. The standard InChI is InChI=1S/C17H18BrN3O4S2/c1-5-25-15(22)13-10(2)20(3)17(26-13)21(12-8-6-11(18)7-9-12)19-14(27-17)16(23)24-4/h6-9H,5H2,1-4H3/t17-/m0/s1. The molecule has 1 spiro atoms. The van der Waals surface area contributed by atoms with Crippen LogP contribution >= 0.6 is 39.5 Å². The summed E-state index contributed by atoms with van der Waals surface area (Å²) >= 11 is 5.97. The minimum atomic E-state index is -0.858. The summed E-state index contributed by atoms with van der Waals surface area (Å²) in [5, 5.41) is 6.45. The quantitative estimate of drug-likeness (QED) is 0.616. The van der Waals surface area contributed by atoms with Crippen molar-refractivity contribution in [1.29, 1.82) is 0 Å². The van der Waals surface area contributed by atoms with E-state index in [4.69, 9.17) is 9.47 Å². The number of halogens is 1. The number of anilines is 1. The molecule has 1 aromatic rings. The van der Waals surface area contributed by atoms with Crippen molar-refractivity contribution >= 4 is 62.1 Å². The van der Waals surface area contributed by atoms with E-state index < -0.39 is 10.3 Å². The summed E-state index contributed by atoms with van der Waals surface area (Å²) < 4.78 is 10.1. The summed E-state index contributed by atoms with van der Waals surface area (Å²) in [5.74, 6) is -0.901. The molecule has 1 atom stereocenters. The molecule has 0 amide bonds. The summed E-state index contributed by atoms with van der Waals surface area (Å²) in [5.41, 5.74) is 1.54. The first-order valence-corrected chi connectivity index (χ1v) is 10.5. The van der Waals surface area contributed by atoms with Crippen molar-refractivity contribution < 1.29 is 19.1 Å². The molecule has 2 aliphatic heterocycles. The second kappa shape index (κ2) is 7.76. The molecule has 0 saturated carbocycles. The van der Waals surface area contributed by atoms with Crippen LogP contribution in [0, 0.1) is 0 Å². The molecule has 0 saturated heterocycles. The number of hydrogen-bond acceptors (Lipinski definition) is 9. The molecular weight excluding hydrogens is 454 g/mol. The van der Waals surface area contributed by atoms with Crippen LogP contribution in [0.3, 0.4) is 0 Å². The minimum absolute atomic E-state index is 0.220. The Kier molecular flexibility index (Phi) is 5.78. The number of hydrogen-bond donors (Lipinski definition) is 0. The normalized spacial score (nSPS) is 21.7. The van der Waals surface area contributed by atoms with Crippen LogP contribution in [0.5, 0.6) is 0 Å². The summed E-state index contributed by atoms with van der Waals surface area (Å²) in [6.45, 7) is 3.91. The van der Waals surface area contributed by atoms with E-state index in [1.165, 1.54) is 30.6 Å². The molecule has 3 rings (SSSR count). The van der Waals surface area contributed by atoms with Crippen molar-refractivity contribution in [3.8, 4) is 0 Å². The van der Waals surface area contributed by atoms with Gasteiger partial charge in [-0.1, -0.05) is 27.7 Å². The van der Waals surface area contributed by atoms with Gasteiger partial charge in [0.25, 0.3) is 0 Å². The number of hydrazone groups is 1. The highest BCUT2D eigenvalue weighted by atomic mass is 79.9. The predicted molar refractivity (Wildman–Crippen MR) is 111 cm³/mol. The minimum Gasteiger partial charge on any atom is -0.464 e. The van der Waals surface area contributed by atoms with Gasteiger partial charge in [-0.15, -0.1) is 0 Å². The van der Waals surface area contributed by atoms with E-state index in [9.17, 15) is 9.59 Å². The molecule has 0 fully saturated rings. The highest BCUT2D eigenvalue weighted by Gasteiger charge is 2.56. The Labute approximate surface area is 174 Å². The molecule has 0 aliphatic carbocycles. The zero-order valence-electron chi connectivity index (χ0n) is 15.2. The van der Waals surface area contributed by atoms with Crippen LogP contribution in [0.1, 0.15) is 13.8 Å². The third kappa shape index (κ3) is 3.45. The van der Waals surface area contributed by atoms with Crippen LogP contribution in [-0.4, -0.2) is 47.0 Å². The van der Waals surface area contributed by atoms with Gasteiger partial charge in [-0.3, -0.25) is 0 Å². The molecule has 144 valence electrons. The number of carbonyl (C=O) groups excluding carboxylic acids is 2. The molecule has 7 nitrogen and oxygen atoms in total. The molecule has 10 heteroatoms. The topological polar surface area (TPSA) is 71.4 Å². The SMILES string of the molecule is CCOC(=O)C1=C(C)N(C)[C@@]2(SC(C(=O)OC)=NN2c2ccc(Br)cc2)S1. The number of allylic oxidation sites excluding steroid dienone is 1. The third-order valence-electron chi connectivity index (χ3n) is 4.07. The zero-order chi connectivity index (χ0) is 19.8. The molecule has 27 heavy (non-hydrogen) atoms. The molecular formula is C17H18BrN3O4S2. The van der Waals surface area contributed by atoms with E-state index in [0.29, 0.717) is 11.5 Å². The van der Waals surface area contributed by atoms with Crippen molar-refractivity contribution in [2.75, 3.05) is 25.8 Å². The molecule has 2 heterocycles. The Hall–Kier alpha value is -1.65. The highest BCUT2D eigenvalue weighted by Crippen LogP contribution is 2.58. The van der Waals surface area contributed by atoms with Crippen LogP contribution in [-0.2, 0) is 19.1 Å². The van der Waals surface area contributed by atoms with Crippen molar-refractivity contribution in [3.05, 3.63) is 39.3 Å². The molecule has 0 radical (unpaired) electrons. The lowest BCUT2D eigenvalue weighted by Gasteiger charge is -2.39. The lowest BCUT2D eigenvalue weighted by Crippen LogP contribution is -2.47. The second-order valence-corrected chi connectivity index (χ2v) is 9.15. The van der Waals surface area contributed by atoms with Crippen LogP contribution in [0.25, 0.3) is 0 Å². The van der Waals surface area contributed by atoms with E-state index in [0.717, 1.165) is 15.9 Å². The maximum absolute atomic E-state index is 12.4. The summed E-state index contributed by atoms with van der Waals surface area (Å²) in [7, 11) is 3.18. The largest absolute Gasteiger partial charge is 0.464 e. The number of nitrogens with zero attached hydrogens (tertiary/aromatic N) is 3. The Balaban J connectivity index is 2.03. The Morgan fingerprint density at radius 2 is 1.89 bits per heavy atom. The second-order valence-electron chi connectivity index (χ2n) is 5.63. The van der Waals surface area contributed by atoms with Crippen LogP contribution in [0.15, 0.2) is 44.4 Å². The van der Waals surface area contributed by atoms with Gasteiger partial charge in [0.1, 0.15) is 4.91 Å². The Morgan fingerprint density at radius 3 is 2.48 bits per heavy atom. The smallest absolute Gasteiger partial charge is 0.365 e. The fraction of sp³-hybridized carbons (Fsp3) is 0.353. The number of methoxy groups -OCH3 is 1. The molecule has 2 aliphatic rings. The molecule has 0 N–H and O–H groups in total. The number of rotatable bonds is 4. The lowest BCUT2D eigenvalue weighted by molar-refractivity contribution is -0.137. The number of benzene rings is 1. The summed E-state index contributed by atoms with van der Waals surface area (Å²) in [4.78, 5) is 27.0. The lowest BCUT2D eigenvalue weighted by atomic mass is 10.3. The van der Waals surface area contributed by atoms with E-state index in [1.54, 1.807) is 11.9 Å². The van der Waals surface area contributed by atoms with Crippen LogP contribution in [0.2, 0.25) is 0 Å². The first-order chi connectivity index (χ1) is 12.8. The van der Waals surface area contributed by atoms with Gasteiger partial charge in [-0.2, -0.15) is 5.10 Å². The highest BCUT2D eigenvalue weighted by molar-refractivity contribution is 9.10. The third-order valence-corrected chi connectivity index (χ3v) is 7.63.